The van der Waals surface area contributed by atoms with Crippen LogP contribution in [0.3, 0.4) is 0 Å². The lowest BCUT2D eigenvalue weighted by atomic mass is 9.86. The maximum atomic E-state index is 13.4. The molecule has 0 aliphatic carbocycles. The van der Waals surface area contributed by atoms with E-state index in [2.05, 4.69) is 16.8 Å². The van der Waals surface area contributed by atoms with Crippen LogP contribution in [0.4, 0.5) is 4.39 Å². The molecule has 154 valence electrons. The average molecular weight is 391 g/mol. The Morgan fingerprint density at radius 3 is 2.54 bits per heavy atom. The fourth-order valence-electron chi connectivity index (χ4n) is 4.47. The minimum Gasteiger partial charge on any atom is -0.481 e. The van der Waals surface area contributed by atoms with Crippen LogP contribution in [0.2, 0.25) is 0 Å². The molecule has 2 atom stereocenters. The zero-order chi connectivity index (χ0) is 20.3. The molecule has 0 saturated carbocycles. The van der Waals surface area contributed by atoms with Gasteiger partial charge in [0.15, 0.2) is 0 Å². The molecule has 1 aromatic carbocycles. The van der Waals surface area contributed by atoms with E-state index in [1.807, 2.05) is 4.90 Å². The number of carbonyl (C=O) groups excluding carboxylic acids is 1. The van der Waals surface area contributed by atoms with Gasteiger partial charge < -0.3 is 14.9 Å². The first-order valence-electron chi connectivity index (χ1n) is 10.0. The van der Waals surface area contributed by atoms with Crippen molar-refractivity contribution in [3.05, 3.63) is 35.1 Å². The third kappa shape index (κ3) is 4.89. The van der Waals surface area contributed by atoms with Crippen molar-refractivity contribution in [2.45, 2.75) is 32.2 Å². The Labute approximate surface area is 165 Å². The predicted molar refractivity (Wildman–Crippen MR) is 105 cm³/mol. The zero-order valence-electron chi connectivity index (χ0n) is 16.7. The van der Waals surface area contributed by atoms with Gasteiger partial charge in [-0.15, -0.1) is 0 Å². The van der Waals surface area contributed by atoms with Crippen molar-refractivity contribution >= 4 is 11.9 Å². The second-order valence-electron chi connectivity index (χ2n) is 8.10. The molecule has 1 aromatic rings. The van der Waals surface area contributed by atoms with Gasteiger partial charge in [-0.3, -0.25) is 14.5 Å². The molecule has 0 aromatic heterocycles. The molecular formula is C21H30FN3O3. The Bertz CT molecular complexity index is 719. The summed E-state index contributed by atoms with van der Waals surface area (Å²) in [6.45, 7) is 6.94. The summed E-state index contributed by atoms with van der Waals surface area (Å²) in [4.78, 5) is 30.7. The van der Waals surface area contributed by atoms with E-state index in [1.54, 1.807) is 13.0 Å². The molecule has 6 nitrogen and oxygen atoms in total. The zero-order valence-corrected chi connectivity index (χ0v) is 16.7. The largest absolute Gasteiger partial charge is 0.481 e. The summed E-state index contributed by atoms with van der Waals surface area (Å²) in [6, 6.07) is 4.56. The standard InChI is InChI=1S/C21H30FN3O3/c1-15-13-17(22)4-5-18(15)21(28)25-8-7-19(16(14-25)3-6-20(26)27)24-11-9-23(2)10-12-24/h4-5,13,16,19H,3,6-12,14H2,1-2H3,(H,26,27)/t16-,19+/m1/s1. The van der Waals surface area contributed by atoms with E-state index < -0.39 is 5.97 Å². The number of rotatable bonds is 5. The van der Waals surface area contributed by atoms with E-state index in [4.69, 9.17) is 5.11 Å². The Kier molecular flexibility index (Phi) is 6.67. The van der Waals surface area contributed by atoms with E-state index in [0.717, 1.165) is 32.6 Å². The van der Waals surface area contributed by atoms with E-state index in [9.17, 15) is 14.0 Å². The highest BCUT2D eigenvalue weighted by molar-refractivity contribution is 5.95. The first-order valence-corrected chi connectivity index (χ1v) is 10.0. The van der Waals surface area contributed by atoms with Crippen LogP contribution in [0.5, 0.6) is 0 Å². The number of carbonyl (C=O) groups is 2. The Morgan fingerprint density at radius 1 is 1.18 bits per heavy atom. The van der Waals surface area contributed by atoms with Crippen molar-refractivity contribution in [3.63, 3.8) is 0 Å². The third-order valence-electron chi connectivity index (χ3n) is 6.14. The number of halogens is 1. The van der Waals surface area contributed by atoms with Crippen LogP contribution in [-0.2, 0) is 4.79 Å². The van der Waals surface area contributed by atoms with Crippen molar-refractivity contribution < 1.29 is 19.1 Å². The number of piperidine rings is 1. The maximum Gasteiger partial charge on any atom is 0.303 e. The molecule has 0 spiro atoms. The summed E-state index contributed by atoms with van der Waals surface area (Å²) in [5, 5.41) is 9.15. The summed E-state index contributed by atoms with van der Waals surface area (Å²) >= 11 is 0. The molecule has 1 N–H and O–H groups in total. The Balaban J connectivity index is 1.72. The maximum absolute atomic E-state index is 13.4. The molecule has 0 unspecified atom stereocenters. The molecule has 2 aliphatic heterocycles. The number of aliphatic carboxylic acids is 1. The van der Waals surface area contributed by atoms with Gasteiger partial charge in [0.25, 0.3) is 5.91 Å². The van der Waals surface area contributed by atoms with E-state index >= 15 is 0 Å². The summed E-state index contributed by atoms with van der Waals surface area (Å²) in [5.74, 6) is -1.09. The van der Waals surface area contributed by atoms with Gasteiger partial charge in [-0.25, -0.2) is 4.39 Å². The first-order chi connectivity index (χ1) is 13.3. The number of piperazine rings is 1. The second-order valence-corrected chi connectivity index (χ2v) is 8.10. The second kappa shape index (κ2) is 9.01. The molecule has 3 rings (SSSR count). The van der Waals surface area contributed by atoms with Crippen LogP contribution in [-0.4, -0.2) is 84.0 Å². The van der Waals surface area contributed by atoms with Gasteiger partial charge in [0.1, 0.15) is 5.82 Å². The first kappa shape index (κ1) is 20.7. The van der Waals surface area contributed by atoms with Gasteiger partial charge in [0.2, 0.25) is 0 Å². The summed E-state index contributed by atoms with van der Waals surface area (Å²) in [6.07, 6.45) is 1.53. The number of benzene rings is 1. The monoisotopic (exact) mass is 391 g/mol. The Hall–Kier alpha value is -1.99. The number of likely N-dealkylation sites (tertiary alicyclic amines) is 1. The van der Waals surface area contributed by atoms with E-state index in [0.29, 0.717) is 36.7 Å². The fraction of sp³-hybridized carbons (Fsp3) is 0.619. The molecule has 2 aliphatic rings. The average Bonchev–Trinajstić information content (AvgIpc) is 2.66. The number of carboxylic acids is 1. The van der Waals surface area contributed by atoms with Gasteiger partial charge in [-0.1, -0.05) is 0 Å². The molecule has 0 radical (unpaired) electrons. The Morgan fingerprint density at radius 2 is 1.89 bits per heavy atom. The van der Waals surface area contributed by atoms with Crippen molar-refractivity contribution in [1.29, 1.82) is 0 Å². The number of likely N-dealkylation sites (N-methyl/N-ethyl adjacent to an activating group) is 1. The minimum absolute atomic E-state index is 0.0883. The number of aryl methyl sites for hydroxylation is 1. The molecule has 0 bridgehead atoms. The molecule has 1 amide bonds. The molecule has 28 heavy (non-hydrogen) atoms. The smallest absolute Gasteiger partial charge is 0.303 e. The molecule has 7 heteroatoms. The summed E-state index contributed by atoms with van der Waals surface area (Å²) < 4.78 is 13.4. The fourth-order valence-corrected chi connectivity index (χ4v) is 4.47. The van der Waals surface area contributed by atoms with Crippen molar-refractivity contribution in [1.82, 2.24) is 14.7 Å². The highest BCUT2D eigenvalue weighted by Gasteiger charge is 2.36. The molecular weight excluding hydrogens is 361 g/mol. The number of hydrogen-bond donors (Lipinski definition) is 1. The lowest BCUT2D eigenvalue weighted by Crippen LogP contribution is -2.57. The number of carboxylic acid groups (broad SMARTS) is 1. The highest BCUT2D eigenvalue weighted by atomic mass is 19.1. The normalized spacial score (nSPS) is 24.3. The van der Waals surface area contributed by atoms with Crippen molar-refractivity contribution in [3.8, 4) is 0 Å². The van der Waals surface area contributed by atoms with Crippen LogP contribution in [0.1, 0.15) is 35.2 Å². The molecule has 2 heterocycles. The van der Waals surface area contributed by atoms with Crippen LogP contribution in [0.15, 0.2) is 18.2 Å². The number of hydrogen-bond acceptors (Lipinski definition) is 4. The van der Waals surface area contributed by atoms with Gasteiger partial charge >= 0.3 is 5.97 Å². The lowest BCUT2D eigenvalue weighted by Gasteiger charge is -2.46. The van der Waals surface area contributed by atoms with Gasteiger partial charge in [0, 0.05) is 57.3 Å². The lowest BCUT2D eigenvalue weighted by molar-refractivity contribution is -0.137. The molecule has 2 fully saturated rings. The van der Waals surface area contributed by atoms with Crippen molar-refractivity contribution in [2.75, 3.05) is 46.3 Å². The summed E-state index contributed by atoms with van der Waals surface area (Å²) in [5.41, 5.74) is 1.16. The van der Waals surface area contributed by atoms with Crippen molar-refractivity contribution in [2.24, 2.45) is 5.92 Å². The van der Waals surface area contributed by atoms with Gasteiger partial charge in [0.05, 0.1) is 0 Å². The predicted octanol–water partition coefficient (Wildman–Crippen LogP) is 2.08. The summed E-state index contributed by atoms with van der Waals surface area (Å²) in [7, 11) is 2.12. The van der Waals surface area contributed by atoms with Crippen LogP contribution >= 0.6 is 0 Å². The van der Waals surface area contributed by atoms with Gasteiger partial charge in [-0.2, -0.15) is 0 Å². The van der Waals surface area contributed by atoms with Crippen LogP contribution < -0.4 is 0 Å². The SMILES string of the molecule is Cc1cc(F)ccc1C(=O)N1CC[C@H](N2CCN(C)CC2)[C@H](CCC(=O)O)C1. The molecule has 2 saturated heterocycles. The highest BCUT2D eigenvalue weighted by Crippen LogP contribution is 2.28. The van der Waals surface area contributed by atoms with E-state index in [1.165, 1.54) is 12.1 Å². The number of nitrogens with zero attached hydrogens (tertiary/aromatic N) is 3. The quantitative estimate of drug-likeness (QED) is 0.833. The van der Waals surface area contributed by atoms with E-state index in [-0.39, 0.29) is 24.1 Å². The topological polar surface area (TPSA) is 64.1 Å². The van der Waals surface area contributed by atoms with Crippen LogP contribution in [0.25, 0.3) is 0 Å². The third-order valence-corrected chi connectivity index (χ3v) is 6.14. The number of amides is 1. The van der Waals surface area contributed by atoms with Gasteiger partial charge in [-0.05, 0) is 56.5 Å². The van der Waals surface area contributed by atoms with Crippen LogP contribution in [0, 0.1) is 18.7 Å². The minimum atomic E-state index is -0.796.